The van der Waals surface area contributed by atoms with Gasteiger partial charge in [-0.2, -0.15) is 4.31 Å². The van der Waals surface area contributed by atoms with Crippen LogP contribution in [-0.4, -0.2) is 56.8 Å². The number of aryl methyl sites for hydroxylation is 1. The molecule has 3 rings (SSSR count). The van der Waals surface area contributed by atoms with E-state index in [1.54, 1.807) is 36.4 Å². The van der Waals surface area contributed by atoms with Gasteiger partial charge in [0.1, 0.15) is 0 Å². The number of hydrogen-bond donors (Lipinski definition) is 1. The van der Waals surface area contributed by atoms with Crippen LogP contribution in [0, 0.1) is 0 Å². The molecule has 7 heteroatoms. The lowest BCUT2D eigenvalue weighted by molar-refractivity contribution is 0.102. The molecule has 1 amide bonds. The molecular weight excluding hydrogens is 362 g/mol. The zero-order valence-corrected chi connectivity index (χ0v) is 16.5. The molecule has 6 nitrogen and oxygen atoms in total. The average Bonchev–Trinajstić information content (AvgIpc) is 2.69. The molecule has 2 aromatic rings. The van der Waals surface area contributed by atoms with Gasteiger partial charge < -0.3 is 10.2 Å². The molecule has 2 aromatic carbocycles. The number of carbonyl (C=O) groups is 1. The molecule has 0 radical (unpaired) electrons. The third-order valence-electron chi connectivity index (χ3n) is 4.84. The highest BCUT2D eigenvalue weighted by Gasteiger charge is 2.27. The van der Waals surface area contributed by atoms with Gasteiger partial charge in [-0.15, -0.1) is 0 Å². The summed E-state index contributed by atoms with van der Waals surface area (Å²) in [4.78, 5) is 14.7. The Hall–Kier alpha value is -2.22. The van der Waals surface area contributed by atoms with E-state index in [0.717, 1.165) is 19.5 Å². The molecule has 0 spiro atoms. The van der Waals surface area contributed by atoms with E-state index in [-0.39, 0.29) is 10.8 Å². The number of benzene rings is 2. The average molecular weight is 388 g/mol. The molecule has 1 heterocycles. The summed E-state index contributed by atoms with van der Waals surface area (Å²) < 4.78 is 27.0. The van der Waals surface area contributed by atoms with Crippen LogP contribution in [0.25, 0.3) is 0 Å². The predicted molar refractivity (Wildman–Crippen MR) is 106 cm³/mol. The van der Waals surface area contributed by atoms with E-state index in [9.17, 15) is 13.2 Å². The fraction of sp³-hybridized carbons (Fsp3) is 0.350. The van der Waals surface area contributed by atoms with Gasteiger partial charge in [-0.25, -0.2) is 8.42 Å². The number of nitrogens with zero attached hydrogens (tertiary/aromatic N) is 2. The third kappa shape index (κ3) is 4.55. The van der Waals surface area contributed by atoms with Crippen LogP contribution in [0.5, 0.6) is 0 Å². The van der Waals surface area contributed by atoms with Crippen molar-refractivity contribution in [3.63, 3.8) is 0 Å². The molecule has 0 aromatic heterocycles. The summed E-state index contributed by atoms with van der Waals surface area (Å²) in [6, 6.07) is 13.8. The first-order valence-electron chi connectivity index (χ1n) is 9.09. The molecule has 0 aliphatic carbocycles. The Morgan fingerprint density at radius 1 is 0.963 bits per heavy atom. The second-order valence-electron chi connectivity index (χ2n) is 6.74. The van der Waals surface area contributed by atoms with E-state index in [4.69, 9.17) is 0 Å². The molecule has 0 saturated carbocycles. The maximum absolute atomic E-state index is 12.7. The largest absolute Gasteiger partial charge is 0.322 e. The zero-order chi connectivity index (χ0) is 19.4. The Morgan fingerprint density at radius 2 is 1.56 bits per heavy atom. The molecule has 27 heavy (non-hydrogen) atoms. The number of anilines is 1. The number of nitrogens with one attached hydrogen (secondary N) is 1. The summed E-state index contributed by atoms with van der Waals surface area (Å²) in [5, 5.41) is 2.81. The standard InChI is InChI=1S/C20H25N3O3S/c1-3-16-4-6-17(7-5-16)20(24)21-18-8-10-19(11-9-18)27(25,26)23-14-12-22(2)13-15-23/h4-11H,3,12-15H2,1-2H3,(H,21,24). The SMILES string of the molecule is CCc1ccc(C(=O)Nc2ccc(S(=O)(=O)N3CCN(C)CC3)cc2)cc1. The third-order valence-corrected chi connectivity index (χ3v) is 6.75. The van der Waals surface area contributed by atoms with Crippen molar-refractivity contribution in [1.82, 2.24) is 9.21 Å². The smallest absolute Gasteiger partial charge is 0.255 e. The minimum absolute atomic E-state index is 0.215. The van der Waals surface area contributed by atoms with Crippen molar-refractivity contribution in [2.24, 2.45) is 0 Å². The molecular formula is C20H25N3O3S. The molecule has 1 N–H and O–H groups in total. The molecule has 1 aliphatic heterocycles. The van der Waals surface area contributed by atoms with Gasteiger partial charge in [0.05, 0.1) is 4.90 Å². The molecule has 144 valence electrons. The van der Waals surface area contributed by atoms with E-state index in [1.165, 1.54) is 9.87 Å². The first kappa shape index (κ1) is 19.5. The number of sulfonamides is 1. The maximum atomic E-state index is 12.7. The van der Waals surface area contributed by atoms with E-state index < -0.39 is 10.0 Å². The van der Waals surface area contributed by atoms with Crippen LogP contribution in [0.2, 0.25) is 0 Å². The Morgan fingerprint density at radius 3 is 2.11 bits per heavy atom. The van der Waals surface area contributed by atoms with E-state index in [2.05, 4.69) is 17.1 Å². The van der Waals surface area contributed by atoms with Crippen LogP contribution in [0.1, 0.15) is 22.8 Å². The number of piperazine rings is 1. The second-order valence-corrected chi connectivity index (χ2v) is 8.67. The first-order valence-corrected chi connectivity index (χ1v) is 10.5. The number of amides is 1. The maximum Gasteiger partial charge on any atom is 0.255 e. The fourth-order valence-electron chi connectivity index (χ4n) is 2.98. The molecule has 1 aliphatic rings. The Kier molecular flexibility index (Phi) is 5.94. The topological polar surface area (TPSA) is 69.7 Å². The summed E-state index contributed by atoms with van der Waals surface area (Å²) >= 11 is 0. The normalized spacial score (nSPS) is 16.2. The van der Waals surface area contributed by atoms with Crippen LogP contribution < -0.4 is 5.32 Å². The second kappa shape index (κ2) is 8.21. The van der Waals surface area contributed by atoms with Gasteiger partial charge >= 0.3 is 0 Å². The van der Waals surface area contributed by atoms with Gasteiger partial charge in [-0.3, -0.25) is 4.79 Å². The Bertz CT molecular complexity index is 885. The summed E-state index contributed by atoms with van der Waals surface area (Å²) in [6.07, 6.45) is 0.922. The fourth-order valence-corrected chi connectivity index (χ4v) is 4.41. The minimum Gasteiger partial charge on any atom is -0.322 e. The van der Waals surface area contributed by atoms with Crippen molar-refractivity contribution in [3.05, 3.63) is 59.7 Å². The van der Waals surface area contributed by atoms with Crippen LogP contribution in [0.3, 0.4) is 0 Å². The number of hydrogen-bond acceptors (Lipinski definition) is 4. The van der Waals surface area contributed by atoms with Crippen molar-refractivity contribution in [2.45, 2.75) is 18.2 Å². The highest BCUT2D eigenvalue weighted by Crippen LogP contribution is 2.20. The molecule has 1 saturated heterocycles. The van der Waals surface area contributed by atoms with Crippen LogP contribution in [-0.2, 0) is 16.4 Å². The molecule has 0 bridgehead atoms. The van der Waals surface area contributed by atoms with Crippen LogP contribution >= 0.6 is 0 Å². The lowest BCUT2D eigenvalue weighted by atomic mass is 10.1. The van der Waals surface area contributed by atoms with Gasteiger partial charge in [-0.1, -0.05) is 19.1 Å². The van der Waals surface area contributed by atoms with E-state index >= 15 is 0 Å². The number of likely N-dealkylation sites (N-methyl/N-ethyl adjacent to an activating group) is 1. The van der Waals surface area contributed by atoms with Gasteiger partial charge in [0, 0.05) is 37.4 Å². The van der Waals surface area contributed by atoms with Crippen LogP contribution in [0.4, 0.5) is 5.69 Å². The van der Waals surface area contributed by atoms with Gasteiger partial charge in [-0.05, 0) is 55.4 Å². The highest BCUT2D eigenvalue weighted by molar-refractivity contribution is 7.89. The van der Waals surface area contributed by atoms with Crippen molar-refractivity contribution in [2.75, 3.05) is 38.5 Å². The summed E-state index contributed by atoms with van der Waals surface area (Å²) in [5.74, 6) is -0.215. The monoisotopic (exact) mass is 387 g/mol. The van der Waals surface area contributed by atoms with Crippen LogP contribution in [0.15, 0.2) is 53.4 Å². The summed E-state index contributed by atoms with van der Waals surface area (Å²) in [6.45, 7) is 4.50. The Labute approximate surface area is 160 Å². The number of rotatable bonds is 5. The van der Waals surface area contributed by atoms with Crippen molar-refractivity contribution >= 4 is 21.6 Å². The first-order chi connectivity index (χ1) is 12.9. The van der Waals surface area contributed by atoms with Gasteiger partial charge in [0.25, 0.3) is 5.91 Å². The van der Waals surface area contributed by atoms with Crippen molar-refractivity contribution < 1.29 is 13.2 Å². The van der Waals surface area contributed by atoms with Crippen molar-refractivity contribution in [1.29, 1.82) is 0 Å². The lowest BCUT2D eigenvalue weighted by Gasteiger charge is -2.31. The van der Waals surface area contributed by atoms with Gasteiger partial charge in [0.2, 0.25) is 10.0 Å². The molecule has 1 fully saturated rings. The molecule has 0 unspecified atom stereocenters. The quantitative estimate of drug-likeness (QED) is 0.856. The molecule has 0 atom stereocenters. The lowest BCUT2D eigenvalue weighted by Crippen LogP contribution is -2.46. The summed E-state index contributed by atoms with van der Waals surface area (Å²) in [5.41, 5.74) is 2.31. The number of carbonyl (C=O) groups excluding carboxylic acids is 1. The highest BCUT2D eigenvalue weighted by atomic mass is 32.2. The Balaban J connectivity index is 1.68. The zero-order valence-electron chi connectivity index (χ0n) is 15.7. The van der Waals surface area contributed by atoms with E-state index in [1.807, 2.05) is 19.2 Å². The summed E-state index contributed by atoms with van der Waals surface area (Å²) in [7, 11) is -1.51. The predicted octanol–water partition coefficient (Wildman–Crippen LogP) is 2.44. The van der Waals surface area contributed by atoms with Gasteiger partial charge in [0.15, 0.2) is 0 Å². The minimum atomic E-state index is -3.50. The van der Waals surface area contributed by atoms with E-state index in [0.29, 0.717) is 24.3 Å². The van der Waals surface area contributed by atoms with Crippen molar-refractivity contribution in [3.8, 4) is 0 Å².